The van der Waals surface area contributed by atoms with Crippen LogP contribution in [0, 0.1) is 12.8 Å². The van der Waals surface area contributed by atoms with E-state index in [0.29, 0.717) is 30.8 Å². The number of nitrogens with one attached hydrogen (secondary N) is 1. The predicted molar refractivity (Wildman–Crippen MR) is 88.4 cm³/mol. The van der Waals surface area contributed by atoms with Crippen molar-refractivity contribution in [3.05, 3.63) is 29.8 Å². The molecule has 23 heavy (non-hydrogen) atoms. The van der Waals surface area contributed by atoms with Crippen LogP contribution < -0.4 is 4.72 Å². The zero-order valence-corrected chi connectivity index (χ0v) is 14.3. The van der Waals surface area contributed by atoms with E-state index < -0.39 is 10.0 Å². The van der Waals surface area contributed by atoms with Gasteiger partial charge in [-0.15, -0.1) is 0 Å². The summed E-state index contributed by atoms with van der Waals surface area (Å²) in [6.45, 7) is 3.18. The van der Waals surface area contributed by atoms with Gasteiger partial charge in [0.1, 0.15) is 0 Å². The lowest BCUT2D eigenvalue weighted by atomic mass is 9.84. The van der Waals surface area contributed by atoms with Crippen LogP contribution in [0.4, 0.5) is 0 Å². The third kappa shape index (κ3) is 3.75. The Bertz CT molecular complexity index is 675. The van der Waals surface area contributed by atoms with Crippen LogP contribution in [-0.2, 0) is 14.8 Å². The van der Waals surface area contributed by atoms with E-state index in [0.717, 1.165) is 24.8 Å². The van der Waals surface area contributed by atoms with Crippen LogP contribution in [0.2, 0.25) is 0 Å². The second kappa shape index (κ2) is 6.61. The Balaban J connectivity index is 1.56. The highest BCUT2D eigenvalue weighted by Gasteiger charge is 2.32. The maximum absolute atomic E-state index is 12.4. The summed E-state index contributed by atoms with van der Waals surface area (Å²) >= 11 is 0. The largest absolute Gasteiger partial charge is 0.342 e. The molecule has 1 N–H and O–H groups in total. The highest BCUT2D eigenvalue weighted by molar-refractivity contribution is 7.89. The molecule has 1 saturated carbocycles. The molecule has 6 heteroatoms. The molecular weight excluding hydrogens is 312 g/mol. The van der Waals surface area contributed by atoms with E-state index in [1.807, 2.05) is 17.9 Å². The van der Waals surface area contributed by atoms with Gasteiger partial charge in [0, 0.05) is 25.0 Å². The smallest absolute Gasteiger partial charge is 0.240 e. The van der Waals surface area contributed by atoms with Crippen molar-refractivity contribution in [3.8, 4) is 0 Å². The number of amides is 1. The second-order valence-corrected chi connectivity index (χ2v) is 8.38. The normalized spacial score (nSPS) is 20.3. The number of hydrogen-bond acceptors (Lipinski definition) is 3. The fourth-order valence-corrected chi connectivity index (χ4v) is 4.61. The van der Waals surface area contributed by atoms with Gasteiger partial charge in [0.15, 0.2) is 0 Å². The number of rotatable bonds is 4. The molecule has 0 atom stereocenters. The fraction of sp³-hybridized carbons (Fsp3) is 0.588. The standard InChI is InChI=1S/C17H24N2O3S/c1-13-4-2-7-16(12-13)23(21,22)18-15-8-10-19(11-9-15)17(20)14-5-3-6-14/h2,4,7,12,14-15,18H,3,5-6,8-11H2,1H3. The number of carbonyl (C=O) groups is 1. The molecule has 126 valence electrons. The van der Waals surface area contributed by atoms with Gasteiger partial charge in [0.25, 0.3) is 0 Å². The van der Waals surface area contributed by atoms with E-state index in [1.54, 1.807) is 18.2 Å². The van der Waals surface area contributed by atoms with Crippen LogP contribution in [0.3, 0.4) is 0 Å². The molecule has 2 fully saturated rings. The van der Waals surface area contributed by atoms with E-state index in [1.165, 1.54) is 0 Å². The highest BCUT2D eigenvalue weighted by Crippen LogP contribution is 2.29. The topological polar surface area (TPSA) is 66.5 Å². The average molecular weight is 336 g/mol. The monoisotopic (exact) mass is 336 g/mol. The highest BCUT2D eigenvalue weighted by atomic mass is 32.2. The van der Waals surface area contributed by atoms with Crippen LogP contribution in [-0.4, -0.2) is 38.4 Å². The van der Waals surface area contributed by atoms with Crippen molar-refractivity contribution in [3.63, 3.8) is 0 Å². The van der Waals surface area contributed by atoms with E-state index in [-0.39, 0.29) is 17.9 Å². The third-order valence-electron chi connectivity index (χ3n) is 4.88. The summed E-state index contributed by atoms with van der Waals surface area (Å²) in [7, 11) is -3.48. The van der Waals surface area contributed by atoms with Crippen LogP contribution in [0.25, 0.3) is 0 Å². The Kier molecular flexibility index (Phi) is 4.73. The summed E-state index contributed by atoms with van der Waals surface area (Å²) in [5.74, 6) is 0.478. The number of piperidine rings is 1. The molecule has 2 aliphatic rings. The molecule has 0 bridgehead atoms. The Morgan fingerprint density at radius 3 is 2.43 bits per heavy atom. The van der Waals surface area contributed by atoms with Crippen molar-refractivity contribution in [1.82, 2.24) is 9.62 Å². The van der Waals surface area contributed by atoms with Gasteiger partial charge in [-0.2, -0.15) is 0 Å². The minimum Gasteiger partial charge on any atom is -0.342 e. The van der Waals surface area contributed by atoms with Gasteiger partial charge in [0.2, 0.25) is 15.9 Å². The third-order valence-corrected chi connectivity index (χ3v) is 6.40. The van der Waals surface area contributed by atoms with Crippen molar-refractivity contribution in [2.45, 2.75) is 50.0 Å². The fourth-order valence-electron chi connectivity index (χ4n) is 3.20. The van der Waals surface area contributed by atoms with Gasteiger partial charge in [-0.3, -0.25) is 4.79 Å². The maximum Gasteiger partial charge on any atom is 0.240 e. The van der Waals surface area contributed by atoms with Crippen LogP contribution >= 0.6 is 0 Å². The van der Waals surface area contributed by atoms with Crippen LogP contribution in [0.1, 0.15) is 37.7 Å². The van der Waals surface area contributed by atoms with Gasteiger partial charge in [-0.25, -0.2) is 13.1 Å². The quantitative estimate of drug-likeness (QED) is 0.915. The van der Waals surface area contributed by atoms with E-state index >= 15 is 0 Å². The SMILES string of the molecule is Cc1cccc(S(=O)(=O)NC2CCN(C(=O)C3CCC3)CC2)c1. The first kappa shape index (κ1) is 16.5. The summed E-state index contributed by atoms with van der Waals surface area (Å²) < 4.78 is 27.7. The molecule has 1 saturated heterocycles. The number of sulfonamides is 1. The van der Waals surface area contributed by atoms with E-state index in [9.17, 15) is 13.2 Å². The van der Waals surface area contributed by atoms with Crippen molar-refractivity contribution in [2.75, 3.05) is 13.1 Å². The van der Waals surface area contributed by atoms with E-state index in [2.05, 4.69) is 4.72 Å². The maximum atomic E-state index is 12.4. The minimum atomic E-state index is -3.48. The molecule has 1 aromatic carbocycles. The number of likely N-dealkylation sites (tertiary alicyclic amines) is 1. The van der Waals surface area contributed by atoms with Crippen molar-refractivity contribution < 1.29 is 13.2 Å². The molecule has 1 aromatic rings. The lowest BCUT2D eigenvalue weighted by Gasteiger charge is -2.36. The zero-order valence-electron chi connectivity index (χ0n) is 13.5. The molecule has 1 amide bonds. The molecule has 0 aromatic heterocycles. The molecule has 1 heterocycles. The van der Waals surface area contributed by atoms with Gasteiger partial charge in [0.05, 0.1) is 4.90 Å². The molecule has 3 rings (SSSR count). The number of benzene rings is 1. The first-order chi connectivity index (χ1) is 11.0. The summed E-state index contributed by atoms with van der Waals surface area (Å²) in [5.41, 5.74) is 0.925. The van der Waals surface area contributed by atoms with E-state index in [4.69, 9.17) is 0 Å². The lowest BCUT2D eigenvalue weighted by molar-refractivity contribution is -0.139. The van der Waals surface area contributed by atoms with Gasteiger partial charge in [-0.05, 0) is 50.3 Å². The first-order valence-corrected chi connectivity index (χ1v) is 9.82. The summed E-state index contributed by atoms with van der Waals surface area (Å²) in [6.07, 6.45) is 4.55. The number of aryl methyl sites for hydroxylation is 1. The summed E-state index contributed by atoms with van der Waals surface area (Å²) in [5, 5.41) is 0. The predicted octanol–water partition coefficient (Wildman–Crippen LogP) is 2.06. The van der Waals surface area contributed by atoms with Gasteiger partial charge >= 0.3 is 0 Å². The van der Waals surface area contributed by atoms with Crippen molar-refractivity contribution in [1.29, 1.82) is 0 Å². The van der Waals surface area contributed by atoms with Crippen LogP contribution in [0.5, 0.6) is 0 Å². The molecule has 5 nitrogen and oxygen atoms in total. The van der Waals surface area contributed by atoms with Crippen molar-refractivity contribution in [2.24, 2.45) is 5.92 Å². The molecule has 0 spiro atoms. The Hall–Kier alpha value is -1.40. The molecule has 1 aliphatic heterocycles. The zero-order chi connectivity index (χ0) is 16.4. The summed E-state index contributed by atoms with van der Waals surface area (Å²) in [6, 6.07) is 6.83. The second-order valence-electron chi connectivity index (χ2n) is 6.67. The molecule has 1 aliphatic carbocycles. The summed E-state index contributed by atoms with van der Waals surface area (Å²) in [4.78, 5) is 14.4. The number of nitrogens with zero attached hydrogens (tertiary/aromatic N) is 1. The lowest BCUT2D eigenvalue weighted by Crippen LogP contribution is -2.48. The van der Waals surface area contributed by atoms with Crippen LogP contribution in [0.15, 0.2) is 29.2 Å². The molecular formula is C17H24N2O3S. The van der Waals surface area contributed by atoms with Gasteiger partial charge in [-0.1, -0.05) is 18.6 Å². The molecule has 0 unspecified atom stereocenters. The Morgan fingerprint density at radius 2 is 1.87 bits per heavy atom. The van der Waals surface area contributed by atoms with Gasteiger partial charge < -0.3 is 4.90 Å². The Morgan fingerprint density at radius 1 is 1.17 bits per heavy atom. The Labute approximate surface area is 138 Å². The first-order valence-electron chi connectivity index (χ1n) is 8.33. The van der Waals surface area contributed by atoms with Crippen molar-refractivity contribution >= 4 is 15.9 Å². The number of hydrogen-bond donors (Lipinski definition) is 1. The molecule has 0 radical (unpaired) electrons. The minimum absolute atomic E-state index is 0.0917. The number of carbonyl (C=O) groups excluding carboxylic acids is 1. The average Bonchev–Trinajstić information content (AvgIpc) is 2.46.